The second kappa shape index (κ2) is 7.62. The third-order valence-electron chi connectivity index (χ3n) is 7.84. The predicted octanol–water partition coefficient (Wildman–Crippen LogP) is 8.55. The molecule has 0 aliphatic carbocycles. The summed E-state index contributed by atoms with van der Waals surface area (Å²) >= 11 is 0. The van der Waals surface area contributed by atoms with Crippen LogP contribution in [-0.4, -0.2) is 24.9 Å². The van der Waals surface area contributed by atoms with E-state index in [4.69, 9.17) is 9.97 Å². The fourth-order valence-corrected chi connectivity index (χ4v) is 6.01. The molecule has 5 aromatic carbocycles. The molecule has 38 heavy (non-hydrogen) atoms. The molecular weight excluding hydrogens is 466 g/mol. The molecule has 0 radical (unpaired) electrons. The molecule has 8 aromatic rings. The second-order valence-corrected chi connectivity index (χ2v) is 10.5. The normalized spacial score (nSPS) is 12.3. The van der Waals surface area contributed by atoms with Crippen LogP contribution in [0.3, 0.4) is 0 Å². The zero-order valence-electron chi connectivity index (χ0n) is 21.4. The van der Waals surface area contributed by atoms with Crippen molar-refractivity contribution < 1.29 is 0 Å². The number of aromatic nitrogens is 5. The number of fused-ring (bicyclic) bond motifs is 12. The van der Waals surface area contributed by atoms with Gasteiger partial charge in [0.1, 0.15) is 11.6 Å². The number of aryl methyl sites for hydroxylation is 1. The second-order valence-electron chi connectivity index (χ2n) is 10.5. The van der Waals surface area contributed by atoms with E-state index in [2.05, 4.69) is 95.5 Å². The largest absolute Gasteiger partial charge is 0.342 e. The Bertz CT molecular complexity index is 2230. The minimum absolute atomic E-state index is 0.320. The lowest BCUT2D eigenvalue weighted by molar-refractivity contribution is 0.799. The Labute approximate surface area is 218 Å². The fourth-order valence-electron chi connectivity index (χ4n) is 6.01. The van der Waals surface area contributed by atoms with Gasteiger partial charge in [0.05, 0.1) is 22.1 Å². The Morgan fingerprint density at radius 2 is 1.24 bits per heavy atom. The van der Waals surface area contributed by atoms with E-state index in [1.54, 1.807) is 0 Å². The Hall–Kier alpha value is -4.77. The number of hydrogen-bond donors (Lipinski definition) is 2. The van der Waals surface area contributed by atoms with Crippen LogP contribution in [-0.2, 0) is 0 Å². The predicted molar refractivity (Wildman–Crippen MR) is 158 cm³/mol. The van der Waals surface area contributed by atoms with E-state index in [0.717, 1.165) is 39.1 Å². The molecule has 182 valence electrons. The van der Waals surface area contributed by atoms with Gasteiger partial charge in [-0.05, 0) is 57.8 Å². The zero-order chi connectivity index (χ0) is 25.5. The van der Waals surface area contributed by atoms with Crippen molar-refractivity contribution in [2.24, 2.45) is 0 Å². The van der Waals surface area contributed by atoms with Crippen LogP contribution < -0.4 is 0 Å². The fraction of sp³-hybridized carbons (Fsp3) is 0.121. The lowest BCUT2D eigenvalue weighted by Crippen LogP contribution is -1.88. The van der Waals surface area contributed by atoms with Crippen LogP contribution in [0.4, 0.5) is 0 Å². The average molecular weight is 492 g/mol. The molecule has 5 nitrogen and oxygen atoms in total. The van der Waals surface area contributed by atoms with E-state index >= 15 is 0 Å². The molecule has 0 spiro atoms. The number of nitrogens with one attached hydrogen (secondary N) is 2. The van der Waals surface area contributed by atoms with Crippen LogP contribution in [0.5, 0.6) is 0 Å². The summed E-state index contributed by atoms with van der Waals surface area (Å²) in [5.41, 5.74) is 6.58. The van der Waals surface area contributed by atoms with Crippen LogP contribution in [0.2, 0.25) is 0 Å². The van der Waals surface area contributed by atoms with Crippen molar-refractivity contribution in [1.82, 2.24) is 24.9 Å². The van der Waals surface area contributed by atoms with Crippen LogP contribution in [0.15, 0.2) is 79.1 Å². The van der Waals surface area contributed by atoms with Crippen molar-refractivity contribution in [2.75, 3.05) is 0 Å². The van der Waals surface area contributed by atoms with E-state index in [-0.39, 0.29) is 0 Å². The molecule has 0 fully saturated rings. The van der Waals surface area contributed by atoms with E-state index in [0.29, 0.717) is 5.92 Å². The Kier molecular flexibility index (Phi) is 4.28. The maximum absolute atomic E-state index is 4.96. The lowest BCUT2D eigenvalue weighted by Gasteiger charge is -2.11. The molecule has 0 saturated carbocycles. The summed E-state index contributed by atoms with van der Waals surface area (Å²) in [6.07, 6.45) is 3.81. The molecule has 0 bridgehead atoms. The highest BCUT2D eigenvalue weighted by Crippen LogP contribution is 2.39. The molecule has 0 unspecified atom stereocenters. The maximum atomic E-state index is 4.96. The van der Waals surface area contributed by atoms with Gasteiger partial charge >= 0.3 is 0 Å². The van der Waals surface area contributed by atoms with Gasteiger partial charge in [-0.1, -0.05) is 62.4 Å². The molecule has 0 aliphatic heterocycles. The third kappa shape index (κ3) is 2.90. The van der Waals surface area contributed by atoms with E-state index in [1.165, 1.54) is 48.8 Å². The molecule has 8 rings (SSSR count). The van der Waals surface area contributed by atoms with E-state index in [1.807, 2.05) is 19.3 Å². The monoisotopic (exact) mass is 491 g/mol. The summed E-state index contributed by atoms with van der Waals surface area (Å²) in [5, 5.41) is 9.47. The van der Waals surface area contributed by atoms with Crippen molar-refractivity contribution in [1.29, 1.82) is 0 Å². The van der Waals surface area contributed by atoms with Gasteiger partial charge in [-0.15, -0.1) is 0 Å². The molecule has 3 aromatic heterocycles. The molecule has 2 N–H and O–H groups in total. The van der Waals surface area contributed by atoms with Crippen molar-refractivity contribution in [2.45, 2.75) is 26.7 Å². The van der Waals surface area contributed by atoms with Gasteiger partial charge in [-0.2, -0.15) is 0 Å². The van der Waals surface area contributed by atoms with Gasteiger partial charge in [0, 0.05) is 39.9 Å². The summed E-state index contributed by atoms with van der Waals surface area (Å²) < 4.78 is 0. The smallest absolute Gasteiger partial charge is 0.109 e. The highest BCUT2D eigenvalue weighted by Gasteiger charge is 2.16. The first-order valence-electron chi connectivity index (χ1n) is 13.1. The van der Waals surface area contributed by atoms with Crippen LogP contribution in [0, 0.1) is 6.92 Å². The minimum atomic E-state index is 0.320. The Balaban J connectivity index is 1.42. The molecular formula is C33H25N5. The van der Waals surface area contributed by atoms with Crippen LogP contribution in [0.1, 0.15) is 31.4 Å². The quantitative estimate of drug-likeness (QED) is 0.238. The van der Waals surface area contributed by atoms with E-state index < -0.39 is 0 Å². The molecule has 0 aliphatic rings. The van der Waals surface area contributed by atoms with Gasteiger partial charge in [0.25, 0.3) is 0 Å². The highest BCUT2D eigenvalue weighted by atomic mass is 14.9. The third-order valence-corrected chi connectivity index (χ3v) is 7.84. The topological polar surface area (TPSA) is 70.2 Å². The molecule has 5 heteroatoms. The van der Waals surface area contributed by atoms with Gasteiger partial charge in [0.2, 0.25) is 0 Å². The van der Waals surface area contributed by atoms with Crippen LogP contribution in [0.25, 0.3) is 76.3 Å². The van der Waals surface area contributed by atoms with Crippen molar-refractivity contribution in [3.05, 3.63) is 90.8 Å². The Morgan fingerprint density at radius 1 is 0.605 bits per heavy atom. The van der Waals surface area contributed by atoms with Crippen molar-refractivity contribution in [3.63, 3.8) is 0 Å². The van der Waals surface area contributed by atoms with Gasteiger partial charge in [0.15, 0.2) is 0 Å². The first kappa shape index (κ1) is 21.3. The summed E-state index contributed by atoms with van der Waals surface area (Å²) in [6, 6.07) is 24.2. The Morgan fingerprint density at radius 3 is 1.95 bits per heavy atom. The molecule has 0 amide bonds. The number of nitrogens with zero attached hydrogens (tertiary/aromatic N) is 3. The number of aromatic amines is 2. The molecule has 0 saturated heterocycles. The number of rotatable bonds is 2. The molecule has 3 heterocycles. The maximum Gasteiger partial charge on any atom is 0.109 e. The summed E-state index contributed by atoms with van der Waals surface area (Å²) in [7, 11) is 0. The molecule has 0 atom stereocenters. The van der Waals surface area contributed by atoms with E-state index in [9.17, 15) is 0 Å². The van der Waals surface area contributed by atoms with Crippen molar-refractivity contribution in [3.8, 4) is 11.1 Å². The zero-order valence-corrected chi connectivity index (χ0v) is 21.4. The van der Waals surface area contributed by atoms with Gasteiger partial charge in [-0.25, -0.2) is 9.97 Å². The highest BCUT2D eigenvalue weighted by molar-refractivity contribution is 6.25. The number of pyridine rings is 1. The van der Waals surface area contributed by atoms with Crippen LogP contribution >= 0.6 is 0 Å². The van der Waals surface area contributed by atoms with Gasteiger partial charge in [-0.3, -0.25) is 4.98 Å². The van der Waals surface area contributed by atoms with Gasteiger partial charge < -0.3 is 9.97 Å². The number of imidazole rings is 2. The lowest BCUT2D eigenvalue weighted by atomic mass is 9.93. The average Bonchev–Trinajstić information content (AvgIpc) is 3.58. The SMILES string of the molecule is Cc1nc2c3ccccc3c3cc(-c4ccc5c(c4)c4ccncc4c4nc(C(C)C)[nH]c54)ccc3c2[nH]1. The summed E-state index contributed by atoms with van der Waals surface area (Å²) in [6.45, 7) is 6.35. The first-order chi connectivity index (χ1) is 18.6. The minimum Gasteiger partial charge on any atom is -0.342 e. The van der Waals surface area contributed by atoms with Crippen molar-refractivity contribution >= 4 is 65.2 Å². The summed E-state index contributed by atoms with van der Waals surface area (Å²) in [4.78, 5) is 21.3. The first-order valence-corrected chi connectivity index (χ1v) is 13.1. The number of hydrogen-bond acceptors (Lipinski definition) is 3. The number of H-pyrrole nitrogens is 2. The standard InChI is InChI=1S/C33H25N5/c1-17(2)33-37-31-25-11-9-20(15-27(25)22-12-13-34-16-28(22)32(31)38-33)19-8-10-24-26(14-19)21-6-4-5-7-23(21)29-30(24)36-18(3)35-29/h4-17H,1-3H3,(H,35,36)(H,37,38). The summed E-state index contributed by atoms with van der Waals surface area (Å²) in [5.74, 6) is 2.26. The number of benzene rings is 5.